The van der Waals surface area contributed by atoms with Gasteiger partial charge in [-0.05, 0) is 29.8 Å². The minimum Gasteiger partial charge on any atom is -0.497 e. The number of benzene rings is 1. The van der Waals surface area contributed by atoms with Crippen molar-refractivity contribution in [2.75, 3.05) is 13.7 Å². The number of aliphatic carboxylic acids is 1. The summed E-state index contributed by atoms with van der Waals surface area (Å²) in [5.74, 6) is -0.145. The Bertz CT molecular complexity index is 508. The van der Waals surface area contributed by atoms with Gasteiger partial charge in [0.05, 0.1) is 13.7 Å². The number of carbonyl (C=O) groups is 1. The third kappa shape index (κ3) is 3.00. The van der Waals surface area contributed by atoms with Gasteiger partial charge in [0.15, 0.2) is 5.54 Å². The standard InChI is InChI=1S/C14H16N2O3/c1-19-12-5-3-11(4-6-12)9-16-14(13(17)18)7-2-8-15-10-14/h2-8,16H,9-10H2,1H3,(H,17,18). The largest absolute Gasteiger partial charge is 0.497 e. The predicted molar refractivity (Wildman–Crippen MR) is 72.7 cm³/mol. The maximum absolute atomic E-state index is 11.4. The molecule has 0 aliphatic carbocycles. The summed E-state index contributed by atoms with van der Waals surface area (Å²) in [6, 6.07) is 7.49. The molecular weight excluding hydrogens is 244 g/mol. The summed E-state index contributed by atoms with van der Waals surface area (Å²) in [4.78, 5) is 15.4. The molecule has 1 aliphatic rings. The van der Waals surface area contributed by atoms with Crippen LogP contribution in [-0.2, 0) is 11.3 Å². The van der Waals surface area contributed by atoms with Gasteiger partial charge in [0, 0.05) is 12.8 Å². The highest BCUT2D eigenvalue weighted by Gasteiger charge is 2.35. The number of hydrogen-bond donors (Lipinski definition) is 2. The molecule has 0 aromatic heterocycles. The van der Waals surface area contributed by atoms with Crippen molar-refractivity contribution in [3.63, 3.8) is 0 Å². The van der Waals surface area contributed by atoms with Gasteiger partial charge in [0.2, 0.25) is 0 Å². The van der Waals surface area contributed by atoms with Crippen molar-refractivity contribution in [1.82, 2.24) is 5.32 Å². The van der Waals surface area contributed by atoms with Crippen LogP contribution in [0.25, 0.3) is 0 Å². The third-order valence-corrected chi connectivity index (χ3v) is 3.06. The van der Waals surface area contributed by atoms with Crippen molar-refractivity contribution in [2.24, 2.45) is 4.99 Å². The van der Waals surface area contributed by atoms with Gasteiger partial charge in [-0.2, -0.15) is 0 Å². The van der Waals surface area contributed by atoms with Gasteiger partial charge >= 0.3 is 5.97 Å². The molecule has 19 heavy (non-hydrogen) atoms. The van der Waals surface area contributed by atoms with Crippen LogP contribution in [0.1, 0.15) is 5.56 Å². The average Bonchev–Trinajstić information content (AvgIpc) is 2.46. The van der Waals surface area contributed by atoms with Crippen LogP contribution in [0.3, 0.4) is 0 Å². The van der Waals surface area contributed by atoms with Crippen molar-refractivity contribution in [3.05, 3.63) is 42.0 Å². The summed E-state index contributed by atoms with van der Waals surface area (Å²) >= 11 is 0. The van der Waals surface area contributed by atoms with Gasteiger partial charge in [-0.25, -0.2) is 4.79 Å². The third-order valence-electron chi connectivity index (χ3n) is 3.06. The van der Waals surface area contributed by atoms with Crippen LogP contribution in [0.2, 0.25) is 0 Å². The Morgan fingerprint density at radius 1 is 1.47 bits per heavy atom. The van der Waals surface area contributed by atoms with Crippen LogP contribution in [0.5, 0.6) is 5.75 Å². The van der Waals surface area contributed by atoms with Crippen LogP contribution < -0.4 is 10.1 Å². The van der Waals surface area contributed by atoms with E-state index in [0.29, 0.717) is 6.54 Å². The first-order valence-electron chi connectivity index (χ1n) is 5.95. The molecule has 2 rings (SSSR count). The highest BCUT2D eigenvalue weighted by Crippen LogP contribution is 2.15. The Morgan fingerprint density at radius 3 is 2.74 bits per heavy atom. The second-order valence-electron chi connectivity index (χ2n) is 4.33. The maximum atomic E-state index is 11.4. The van der Waals surface area contributed by atoms with E-state index in [2.05, 4.69) is 10.3 Å². The second kappa shape index (κ2) is 5.67. The molecule has 2 N–H and O–H groups in total. The molecule has 0 saturated heterocycles. The predicted octanol–water partition coefficient (Wildman–Crippen LogP) is 1.25. The quantitative estimate of drug-likeness (QED) is 0.836. The molecule has 0 bridgehead atoms. The molecule has 0 saturated carbocycles. The highest BCUT2D eigenvalue weighted by atomic mass is 16.5. The minimum atomic E-state index is -1.12. The summed E-state index contributed by atoms with van der Waals surface area (Å²) < 4.78 is 5.08. The molecule has 1 heterocycles. The molecule has 1 aromatic carbocycles. The van der Waals surface area contributed by atoms with Crippen LogP contribution in [0.15, 0.2) is 41.4 Å². The number of carboxylic acids is 1. The van der Waals surface area contributed by atoms with Crippen molar-refractivity contribution in [2.45, 2.75) is 12.1 Å². The van der Waals surface area contributed by atoms with Crippen molar-refractivity contribution in [1.29, 1.82) is 0 Å². The van der Waals surface area contributed by atoms with Gasteiger partial charge in [-0.15, -0.1) is 0 Å². The SMILES string of the molecule is COc1ccc(CNC2(C(=O)O)C=CC=NC2)cc1. The van der Waals surface area contributed by atoms with E-state index in [4.69, 9.17) is 4.74 Å². The van der Waals surface area contributed by atoms with E-state index in [1.165, 1.54) is 0 Å². The fraction of sp³-hybridized carbons (Fsp3) is 0.286. The Balaban J connectivity index is 2.05. The molecule has 1 unspecified atom stereocenters. The molecule has 0 amide bonds. The highest BCUT2D eigenvalue weighted by molar-refractivity contribution is 5.86. The zero-order valence-corrected chi connectivity index (χ0v) is 10.7. The Morgan fingerprint density at radius 2 is 2.21 bits per heavy atom. The van der Waals surface area contributed by atoms with Gasteiger partial charge < -0.3 is 9.84 Å². The lowest BCUT2D eigenvalue weighted by Crippen LogP contribution is -2.53. The first-order chi connectivity index (χ1) is 9.16. The lowest BCUT2D eigenvalue weighted by Gasteiger charge is -2.27. The zero-order chi connectivity index (χ0) is 13.7. The molecular formula is C14H16N2O3. The molecule has 1 aromatic rings. The number of dihydropyridines is 1. The molecule has 0 radical (unpaired) electrons. The van der Waals surface area contributed by atoms with Crippen LogP contribution in [0, 0.1) is 0 Å². The van der Waals surface area contributed by atoms with Gasteiger partial charge in [-0.1, -0.05) is 12.1 Å². The van der Waals surface area contributed by atoms with Gasteiger partial charge in [0.1, 0.15) is 5.75 Å². The lowest BCUT2D eigenvalue weighted by atomic mass is 9.97. The van der Waals surface area contributed by atoms with E-state index < -0.39 is 11.5 Å². The van der Waals surface area contributed by atoms with Crippen LogP contribution >= 0.6 is 0 Å². The first kappa shape index (κ1) is 13.3. The summed E-state index contributed by atoms with van der Waals surface area (Å²) in [7, 11) is 1.61. The number of hydrogen-bond acceptors (Lipinski definition) is 4. The fourth-order valence-electron chi connectivity index (χ4n) is 1.85. The Hall–Kier alpha value is -2.14. The van der Waals surface area contributed by atoms with Gasteiger partial charge in [-0.3, -0.25) is 10.3 Å². The zero-order valence-electron chi connectivity index (χ0n) is 10.7. The molecule has 5 heteroatoms. The van der Waals surface area contributed by atoms with Gasteiger partial charge in [0.25, 0.3) is 0 Å². The van der Waals surface area contributed by atoms with E-state index in [1.54, 1.807) is 25.5 Å². The number of allylic oxidation sites excluding steroid dienone is 1. The number of nitrogens with one attached hydrogen (secondary N) is 1. The molecule has 5 nitrogen and oxygen atoms in total. The van der Waals surface area contributed by atoms with Crippen molar-refractivity contribution < 1.29 is 14.6 Å². The summed E-state index contributed by atoms with van der Waals surface area (Å²) in [6.45, 7) is 0.658. The van der Waals surface area contributed by atoms with E-state index >= 15 is 0 Å². The number of aliphatic imine (C=N–C) groups is 1. The summed E-state index contributed by atoms with van der Waals surface area (Å²) in [5.41, 5.74) is -0.126. The number of rotatable bonds is 5. The smallest absolute Gasteiger partial charge is 0.329 e. The van der Waals surface area contributed by atoms with E-state index in [0.717, 1.165) is 11.3 Å². The van der Waals surface area contributed by atoms with Crippen molar-refractivity contribution >= 4 is 12.2 Å². The maximum Gasteiger partial charge on any atom is 0.329 e. The first-order valence-corrected chi connectivity index (χ1v) is 5.95. The van der Waals surface area contributed by atoms with Crippen LogP contribution in [0.4, 0.5) is 0 Å². The number of carboxylic acid groups (broad SMARTS) is 1. The Kier molecular flexibility index (Phi) is 3.97. The topological polar surface area (TPSA) is 70.9 Å². The Labute approximate surface area is 111 Å². The van der Waals surface area contributed by atoms with E-state index in [9.17, 15) is 9.90 Å². The monoisotopic (exact) mass is 260 g/mol. The molecule has 100 valence electrons. The fourth-order valence-corrected chi connectivity index (χ4v) is 1.85. The normalized spacial score (nSPS) is 21.3. The summed E-state index contributed by atoms with van der Waals surface area (Å²) in [6.07, 6.45) is 4.89. The molecule has 0 spiro atoms. The van der Waals surface area contributed by atoms with E-state index in [-0.39, 0.29) is 6.54 Å². The lowest BCUT2D eigenvalue weighted by molar-refractivity contribution is -0.142. The molecule has 0 fully saturated rings. The molecule has 1 atom stereocenters. The number of methoxy groups -OCH3 is 1. The summed E-state index contributed by atoms with van der Waals surface area (Å²) in [5, 5.41) is 12.4. The molecule has 1 aliphatic heterocycles. The average molecular weight is 260 g/mol. The second-order valence-corrected chi connectivity index (χ2v) is 4.33. The van der Waals surface area contributed by atoms with Crippen molar-refractivity contribution in [3.8, 4) is 5.75 Å². The number of ether oxygens (including phenoxy) is 1. The number of nitrogens with zero attached hydrogens (tertiary/aromatic N) is 1. The van der Waals surface area contributed by atoms with Crippen LogP contribution in [-0.4, -0.2) is 36.5 Å². The van der Waals surface area contributed by atoms with E-state index in [1.807, 2.05) is 24.3 Å². The minimum absolute atomic E-state index is 0.203.